The first kappa shape index (κ1) is 46.2. The highest BCUT2D eigenvalue weighted by molar-refractivity contribution is 5.89. The third kappa shape index (κ3) is 15.8. The van der Waals surface area contributed by atoms with Crippen LogP contribution in [0, 0.1) is 27.1 Å². The number of rotatable bonds is 18. The summed E-state index contributed by atoms with van der Waals surface area (Å²) >= 11 is 0. The van der Waals surface area contributed by atoms with E-state index in [4.69, 9.17) is 0 Å². The van der Waals surface area contributed by atoms with Crippen molar-refractivity contribution in [3.63, 3.8) is 0 Å². The van der Waals surface area contributed by atoms with Crippen LogP contribution in [0.1, 0.15) is 144 Å². The third-order valence-electron chi connectivity index (χ3n) is 9.49. The van der Waals surface area contributed by atoms with Crippen LogP contribution in [0.25, 0.3) is 0 Å². The lowest BCUT2D eigenvalue weighted by Gasteiger charge is -2.50. The van der Waals surface area contributed by atoms with Crippen LogP contribution < -0.4 is 0 Å². The molecule has 0 radical (unpaired) electrons. The second-order valence-corrected chi connectivity index (χ2v) is 20.5. The molecule has 0 rings (SSSR count). The summed E-state index contributed by atoms with van der Waals surface area (Å²) in [6.07, 6.45) is 1.24. The van der Waals surface area contributed by atoms with Gasteiger partial charge in [0.1, 0.15) is 0 Å². The van der Waals surface area contributed by atoms with Crippen LogP contribution in [-0.4, -0.2) is 101 Å². The van der Waals surface area contributed by atoms with Gasteiger partial charge < -0.3 is 0 Å². The third-order valence-corrected chi connectivity index (χ3v) is 9.49. The summed E-state index contributed by atoms with van der Waals surface area (Å²) in [5.74, 6) is 0.441. The fraction of sp³-hybridized carbons (Fsp3) is 0.875. The zero-order valence-electron chi connectivity index (χ0n) is 34.7. The van der Waals surface area contributed by atoms with Gasteiger partial charge in [-0.15, -0.1) is 0 Å². The maximum absolute atomic E-state index is 13.6. The summed E-state index contributed by atoms with van der Waals surface area (Å²) in [6.45, 7) is 39.1. The van der Waals surface area contributed by atoms with Crippen molar-refractivity contribution in [3.8, 4) is 0 Å². The summed E-state index contributed by atoms with van der Waals surface area (Å²) in [7, 11) is 0. The number of carbonyl (C=O) groups excluding carboxylic acids is 5. The van der Waals surface area contributed by atoms with E-state index in [-0.39, 0.29) is 61.6 Å². The van der Waals surface area contributed by atoms with Crippen molar-refractivity contribution in [1.82, 2.24) is 14.7 Å². The highest BCUT2D eigenvalue weighted by atomic mass is 16.1. The van der Waals surface area contributed by atoms with Crippen LogP contribution in [0.2, 0.25) is 0 Å². The van der Waals surface area contributed by atoms with Crippen molar-refractivity contribution in [3.05, 3.63) is 0 Å². The average Bonchev–Trinajstić information content (AvgIpc) is 2.85. The number of hydrogen-bond donors (Lipinski definition) is 0. The monoisotopic (exact) mass is 678 g/mol. The van der Waals surface area contributed by atoms with Gasteiger partial charge in [0.15, 0.2) is 28.9 Å². The lowest BCUT2D eigenvalue weighted by atomic mass is 9.84. The summed E-state index contributed by atoms with van der Waals surface area (Å²) < 4.78 is 0. The Balaban J connectivity index is 6.53. The molecule has 0 aromatic carbocycles. The Labute approximate surface area is 295 Å². The summed E-state index contributed by atoms with van der Waals surface area (Å²) in [5.41, 5.74) is -3.64. The highest BCUT2D eigenvalue weighted by Crippen LogP contribution is 2.33. The Morgan fingerprint density at radius 3 is 0.708 bits per heavy atom. The van der Waals surface area contributed by atoms with Gasteiger partial charge in [0.2, 0.25) is 0 Å². The largest absolute Gasteiger partial charge is 0.298 e. The van der Waals surface area contributed by atoms with E-state index < -0.39 is 38.2 Å². The molecule has 0 unspecified atom stereocenters. The van der Waals surface area contributed by atoms with E-state index in [0.29, 0.717) is 25.9 Å². The minimum atomic E-state index is -0.543. The Morgan fingerprint density at radius 2 is 0.521 bits per heavy atom. The summed E-state index contributed by atoms with van der Waals surface area (Å²) in [6, 6.07) is 0. The van der Waals surface area contributed by atoms with Crippen molar-refractivity contribution in [1.29, 1.82) is 0 Å². The van der Waals surface area contributed by atoms with Crippen LogP contribution in [0.3, 0.4) is 0 Å². The first-order valence-corrected chi connectivity index (χ1v) is 17.9. The molecule has 0 aliphatic rings. The SMILES string of the molecule is CC(C)(C)C(=O)CN(CCC(C)(C)N(CC(=O)C(C)(C)C)C(C)(C)CCN(CC(=O)C(C)(C)C)CC(=O)C(C)(C)C)CC(=O)C(C)(C)C. The molecule has 0 saturated heterocycles. The molecule has 0 fully saturated rings. The van der Waals surface area contributed by atoms with Gasteiger partial charge in [-0.25, -0.2) is 0 Å². The zero-order chi connectivity index (χ0) is 38.5. The number of Topliss-reactive ketones (excluding diaryl/α,β-unsaturated/α-hetero) is 5. The Bertz CT molecular complexity index is 1000. The molecule has 0 aromatic rings. The van der Waals surface area contributed by atoms with E-state index in [2.05, 4.69) is 32.6 Å². The molecule has 0 aromatic heterocycles. The maximum Gasteiger partial charge on any atom is 0.152 e. The summed E-state index contributed by atoms with van der Waals surface area (Å²) in [4.78, 5) is 72.4. The first-order chi connectivity index (χ1) is 21.0. The normalized spacial score (nSPS) is 14.2. The molecule has 0 N–H and O–H groups in total. The van der Waals surface area contributed by atoms with Gasteiger partial charge in [0.05, 0.1) is 32.7 Å². The smallest absolute Gasteiger partial charge is 0.152 e. The van der Waals surface area contributed by atoms with Gasteiger partial charge in [-0.2, -0.15) is 0 Å². The number of ketones is 5. The van der Waals surface area contributed by atoms with Crippen LogP contribution in [0.15, 0.2) is 0 Å². The fourth-order valence-electron chi connectivity index (χ4n) is 4.95. The van der Waals surface area contributed by atoms with Crippen molar-refractivity contribution in [2.24, 2.45) is 27.1 Å². The van der Waals surface area contributed by atoms with Crippen LogP contribution in [0.4, 0.5) is 0 Å². The van der Waals surface area contributed by atoms with E-state index >= 15 is 0 Å². The van der Waals surface area contributed by atoms with E-state index in [1.807, 2.05) is 114 Å². The van der Waals surface area contributed by atoms with E-state index in [0.717, 1.165) is 0 Å². The molecule has 8 nitrogen and oxygen atoms in total. The molecule has 0 spiro atoms. The molecule has 0 aliphatic carbocycles. The molecule has 0 atom stereocenters. The minimum Gasteiger partial charge on any atom is -0.298 e. The van der Waals surface area contributed by atoms with E-state index in [1.54, 1.807) is 0 Å². The molecule has 0 aliphatic heterocycles. The molecule has 0 amide bonds. The Kier molecular flexibility index (Phi) is 15.9. The van der Waals surface area contributed by atoms with Gasteiger partial charge in [-0.05, 0) is 40.5 Å². The molecular formula is C40H75N3O5. The van der Waals surface area contributed by atoms with Crippen molar-refractivity contribution in [2.45, 2.75) is 155 Å². The molecule has 280 valence electrons. The average molecular weight is 678 g/mol. The lowest BCUT2D eigenvalue weighted by Crippen LogP contribution is -2.60. The predicted molar refractivity (Wildman–Crippen MR) is 199 cm³/mol. The second kappa shape index (κ2) is 16.5. The van der Waals surface area contributed by atoms with Crippen molar-refractivity contribution in [2.75, 3.05) is 45.8 Å². The number of hydrogen-bond acceptors (Lipinski definition) is 8. The van der Waals surface area contributed by atoms with Crippen molar-refractivity contribution >= 4 is 28.9 Å². The van der Waals surface area contributed by atoms with Crippen LogP contribution >= 0.6 is 0 Å². The van der Waals surface area contributed by atoms with Gasteiger partial charge in [-0.3, -0.25) is 38.7 Å². The van der Waals surface area contributed by atoms with Crippen LogP contribution in [0.5, 0.6) is 0 Å². The van der Waals surface area contributed by atoms with Gasteiger partial charge in [0, 0.05) is 51.2 Å². The molecule has 48 heavy (non-hydrogen) atoms. The quantitative estimate of drug-likeness (QED) is 0.149. The summed E-state index contributed by atoms with van der Waals surface area (Å²) in [5, 5.41) is 0. The van der Waals surface area contributed by atoms with E-state index in [1.165, 1.54) is 0 Å². The number of carbonyl (C=O) groups is 5. The van der Waals surface area contributed by atoms with Gasteiger partial charge in [-0.1, -0.05) is 104 Å². The topological polar surface area (TPSA) is 95.1 Å². The standard InChI is InChI=1S/C40H75N3O5/c1-34(2,3)29(44)24-41(25-30(45)35(4,5)6)22-20-39(16,17)43(28-33(48)38(13,14)15)40(18,19)21-23-42(26-31(46)36(7,8)9)27-32(47)37(10,11)12/h20-28H2,1-19H3. The Morgan fingerprint density at radius 1 is 0.333 bits per heavy atom. The van der Waals surface area contributed by atoms with Gasteiger partial charge in [0.25, 0.3) is 0 Å². The molecule has 8 heteroatoms. The van der Waals surface area contributed by atoms with Gasteiger partial charge >= 0.3 is 0 Å². The minimum absolute atomic E-state index is 0.0804. The zero-order valence-corrected chi connectivity index (χ0v) is 34.7. The van der Waals surface area contributed by atoms with Crippen LogP contribution in [-0.2, 0) is 24.0 Å². The molecule has 0 heterocycles. The Hall–Kier alpha value is -1.77. The lowest BCUT2D eigenvalue weighted by molar-refractivity contribution is -0.132. The maximum atomic E-state index is 13.6. The molecular weight excluding hydrogens is 602 g/mol. The highest BCUT2D eigenvalue weighted by Gasteiger charge is 2.41. The molecule has 0 bridgehead atoms. The number of nitrogens with zero attached hydrogens (tertiary/aromatic N) is 3. The first-order valence-electron chi connectivity index (χ1n) is 17.9. The fourth-order valence-corrected chi connectivity index (χ4v) is 4.95. The molecule has 0 saturated carbocycles. The predicted octanol–water partition coefficient (Wildman–Crippen LogP) is 7.31. The van der Waals surface area contributed by atoms with Crippen molar-refractivity contribution < 1.29 is 24.0 Å². The second-order valence-electron chi connectivity index (χ2n) is 20.5. The van der Waals surface area contributed by atoms with E-state index in [9.17, 15) is 24.0 Å².